The summed E-state index contributed by atoms with van der Waals surface area (Å²) in [6.07, 6.45) is 2.39. The first-order valence-electron chi connectivity index (χ1n) is 7.94. The second-order valence-corrected chi connectivity index (χ2v) is 8.06. The van der Waals surface area contributed by atoms with E-state index in [1.807, 2.05) is 38.1 Å². The zero-order chi connectivity index (χ0) is 16.9. The molecule has 24 heavy (non-hydrogen) atoms. The highest BCUT2D eigenvalue weighted by Crippen LogP contribution is 2.32. The van der Waals surface area contributed by atoms with Crippen molar-refractivity contribution in [1.82, 2.24) is 10.2 Å². The molecule has 1 amide bonds. The molecular formula is C16H20N4O2S2. The molecule has 0 spiro atoms. The molecule has 1 heterocycles. The van der Waals surface area contributed by atoms with Crippen LogP contribution in [0.25, 0.3) is 0 Å². The number of nitrogens with zero attached hydrogens (tertiary/aromatic N) is 2. The molecule has 128 valence electrons. The summed E-state index contributed by atoms with van der Waals surface area (Å²) in [6, 6.07) is 7.91. The molecule has 2 aromatic rings. The number of aromatic nitrogens is 2. The van der Waals surface area contributed by atoms with E-state index in [-0.39, 0.29) is 11.2 Å². The van der Waals surface area contributed by atoms with Gasteiger partial charge in [0.15, 0.2) is 4.34 Å². The quantitative estimate of drug-likeness (QED) is 0.697. The monoisotopic (exact) mass is 364 g/mol. The molecule has 1 aromatic carbocycles. The zero-order valence-electron chi connectivity index (χ0n) is 13.6. The molecule has 0 aliphatic heterocycles. The number of hydrogen-bond donors (Lipinski definition) is 2. The summed E-state index contributed by atoms with van der Waals surface area (Å²) in [5.41, 5.74) is 0.754. The van der Waals surface area contributed by atoms with Crippen LogP contribution in [0.3, 0.4) is 0 Å². The van der Waals surface area contributed by atoms with Gasteiger partial charge in [-0.05, 0) is 51.0 Å². The van der Waals surface area contributed by atoms with E-state index < -0.39 is 0 Å². The molecule has 1 saturated carbocycles. The minimum atomic E-state index is -0.252. The van der Waals surface area contributed by atoms with Gasteiger partial charge >= 0.3 is 0 Å². The van der Waals surface area contributed by atoms with Crippen LogP contribution in [-0.4, -0.2) is 34.0 Å². The first kappa shape index (κ1) is 17.0. The Labute approximate surface area is 149 Å². The summed E-state index contributed by atoms with van der Waals surface area (Å²) in [7, 11) is 0. The van der Waals surface area contributed by atoms with Gasteiger partial charge in [0.05, 0.1) is 11.9 Å². The third-order valence-corrected chi connectivity index (χ3v) is 5.43. The normalized spacial score (nSPS) is 14.9. The number of ether oxygens (including phenoxy) is 1. The van der Waals surface area contributed by atoms with Gasteiger partial charge in [0.25, 0.3) is 0 Å². The number of nitrogens with one attached hydrogen (secondary N) is 2. The fraction of sp³-hybridized carbons (Fsp3) is 0.438. The van der Waals surface area contributed by atoms with Gasteiger partial charge in [-0.15, -0.1) is 10.2 Å². The van der Waals surface area contributed by atoms with Gasteiger partial charge in [-0.3, -0.25) is 4.79 Å². The first-order chi connectivity index (χ1) is 11.6. The fourth-order valence-corrected chi connectivity index (χ4v) is 3.94. The topological polar surface area (TPSA) is 76.1 Å². The second kappa shape index (κ2) is 7.85. The van der Waals surface area contributed by atoms with Crippen molar-refractivity contribution >= 4 is 39.8 Å². The standard InChI is InChI=1S/C16H20N4O2S2/c1-3-22-13-8-6-11(7-9-13)17-14(21)10(2)23-16-20-19-15(24-16)18-12-4-5-12/h6-10,12H,3-5H2,1-2H3,(H,17,21)(H,18,19). The summed E-state index contributed by atoms with van der Waals surface area (Å²) in [5, 5.41) is 15.0. The van der Waals surface area contributed by atoms with Crippen LogP contribution in [0.1, 0.15) is 26.7 Å². The van der Waals surface area contributed by atoms with Gasteiger partial charge in [-0.1, -0.05) is 23.1 Å². The lowest BCUT2D eigenvalue weighted by Crippen LogP contribution is -2.22. The van der Waals surface area contributed by atoms with Crippen molar-refractivity contribution in [1.29, 1.82) is 0 Å². The van der Waals surface area contributed by atoms with Crippen molar-refractivity contribution in [3.63, 3.8) is 0 Å². The average molecular weight is 364 g/mol. The Morgan fingerprint density at radius 3 is 2.79 bits per heavy atom. The number of anilines is 2. The molecule has 1 unspecified atom stereocenters. The molecule has 1 aliphatic rings. The van der Waals surface area contributed by atoms with Gasteiger partial charge in [-0.25, -0.2) is 0 Å². The number of rotatable bonds is 8. The molecule has 3 rings (SSSR count). The Balaban J connectivity index is 1.51. The average Bonchev–Trinajstić information content (AvgIpc) is 3.27. The van der Waals surface area contributed by atoms with E-state index in [1.165, 1.54) is 35.9 Å². The van der Waals surface area contributed by atoms with E-state index in [0.29, 0.717) is 12.6 Å². The lowest BCUT2D eigenvalue weighted by atomic mass is 10.3. The maximum absolute atomic E-state index is 12.3. The van der Waals surface area contributed by atoms with Crippen molar-refractivity contribution in [3.8, 4) is 5.75 Å². The van der Waals surface area contributed by atoms with Gasteiger partial charge in [0, 0.05) is 11.7 Å². The minimum Gasteiger partial charge on any atom is -0.494 e. The number of hydrogen-bond acceptors (Lipinski definition) is 7. The Hall–Kier alpha value is -1.80. The fourth-order valence-electron chi connectivity index (χ4n) is 1.97. The van der Waals surface area contributed by atoms with Crippen LogP contribution < -0.4 is 15.4 Å². The molecule has 0 radical (unpaired) electrons. The molecule has 1 aromatic heterocycles. The molecular weight excluding hydrogens is 344 g/mol. The molecule has 0 bridgehead atoms. The summed E-state index contributed by atoms with van der Waals surface area (Å²) in [6.45, 7) is 4.43. The smallest absolute Gasteiger partial charge is 0.237 e. The molecule has 2 N–H and O–H groups in total. The van der Waals surface area contributed by atoms with Crippen molar-refractivity contribution in [2.24, 2.45) is 0 Å². The molecule has 1 fully saturated rings. The lowest BCUT2D eigenvalue weighted by Gasteiger charge is -2.11. The third kappa shape index (κ3) is 4.85. The van der Waals surface area contributed by atoms with Gasteiger partial charge in [0.1, 0.15) is 5.75 Å². The van der Waals surface area contributed by atoms with Crippen molar-refractivity contribution in [2.75, 3.05) is 17.2 Å². The molecule has 0 saturated heterocycles. The largest absolute Gasteiger partial charge is 0.494 e. The maximum atomic E-state index is 12.3. The van der Waals surface area contributed by atoms with Crippen LogP contribution in [0.2, 0.25) is 0 Å². The van der Waals surface area contributed by atoms with E-state index in [4.69, 9.17) is 4.74 Å². The maximum Gasteiger partial charge on any atom is 0.237 e. The van der Waals surface area contributed by atoms with Crippen molar-refractivity contribution < 1.29 is 9.53 Å². The third-order valence-electron chi connectivity index (χ3n) is 3.39. The predicted molar refractivity (Wildman–Crippen MR) is 98.1 cm³/mol. The number of thioether (sulfide) groups is 1. The summed E-state index contributed by atoms with van der Waals surface area (Å²) in [5.74, 6) is 0.735. The minimum absolute atomic E-state index is 0.0592. The summed E-state index contributed by atoms with van der Waals surface area (Å²) < 4.78 is 6.19. The first-order valence-corrected chi connectivity index (χ1v) is 9.64. The SMILES string of the molecule is CCOc1ccc(NC(=O)C(C)Sc2nnc(NC3CC3)s2)cc1. The summed E-state index contributed by atoms with van der Waals surface area (Å²) in [4.78, 5) is 12.3. The zero-order valence-corrected chi connectivity index (χ0v) is 15.2. The van der Waals surface area contributed by atoms with Crippen molar-refractivity contribution in [2.45, 2.75) is 42.3 Å². The Morgan fingerprint density at radius 1 is 1.38 bits per heavy atom. The molecule has 8 heteroatoms. The highest BCUT2D eigenvalue weighted by molar-refractivity contribution is 8.02. The Morgan fingerprint density at radius 2 is 2.12 bits per heavy atom. The lowest BCUT2D eigenvalue weighted by molar-refractivity contribution is -0.115. The van der Waals surface area contributed by atoms with Crippen LogP contribution in [0.15, 0.2) is 28.6 Å². The molecule has 1 atom stereocenters. The number of carbonyl (C=O) groups excluding carboxylic acids is 1. The van der Waals surface area contributed by atoms with Crippen LogP contribution in [-0.2, 0) is 4.79 Å². The van der Waals surface area contributed by atoms with Gasteiger partial charge in [-0.2, -0.15) is 0 Å². The Kier molecular flexibility index (Phi) is 5.57. The van der Waals surface area contributed by atoms with Crippen molar-refractivity contribution in [3.05, 3.63) is 24.3 Å². The number of benzene rings is 1. The number of amides is 1. The highest BCUT2D eigenvalue weighted by atomic mass is 32.2. The molecule has 1 aliphatic carbocycles. The van der Waals surface area contributed by atoms with Gasteiger partial charge < -0.3 is 15.4 Å². The van der Waals surface area contributed by atoms with E-state index in [1.54, 1.807) is 0 Å². The molecule has 6 nitrogen and oxygen atoms in total. The van der Waals surface area contributed by atoms with Crippen LogP contribution in [0.4, 0.5) is 10.8 Å². The van der Waals surface area contributed by atoms with E-state index in [9.17, 15) is 4.79 Å². The van der Waals surface area contributed by atoms with E-state index in [2.05, 4.69) is 20.8 Å². The van der Waals surface area contributed by atoms with Gasteiger partial charge in [0.2, 0.25) is 11.0 Å². The predicted octanol–water partition coefficient (Wildman–Crippen LogP) is 3.63. The van der Waals surface area contributed by atoms with E-state index >= 15 is 0 Å². The number of carbonyl (C=O) groups is 1. The van der Waals surface area contributed by atoms with Crippen LogP contribution >= 0.6 is 23.1 Å². The highest BCUT2D eigenvalue weighted by Gasteiger charge is 2.23. The summed E-state index contributed by atoms with van der Waals surface area (Å²) >= 11 is 2.91. The van der Waals surface area contributed by atoms with Crippen LogP contribution in [0, 0.1) is 0 Å². The Bertz CT molecular complexity index is 686. The second-order valence-electron chi connectivity index (χ2n) is 5.50. The van der Waals surface area contributed by atoms with E-state index in [0.717, 1.165) is 20.9 Å². The van der Waals surface area contributed by atoms with Crippen LogP contribution in [0.5, 0.6) is 5.75 Å².